The lowest BCUT2D eigenvalue weighted by Crippen LogP contribution is -2.18. The van der Waals surface area contributed by atoms with Crippen LogP contribution in [0.25, 0.3) is 0 Å². The second kappa shape index (κ2) is 7.00. The Morgan fingerprint density at radius 1 is 0.826 bits per heavy atom. The molecule has 4 N–H and O–H groups in total. The average molecular weight is 316 g/mol. The summed E-state index contributed by atoms with van der Waals surface area (Å²) in [7, 11) is 0. The second-order valence-electron chi connectivity index (χ2n) is 4.11. The number of aromatic amines is 2. The zero-order valence-electron chi connectivity index (χ0n) is 11.6. The predicted molar refractivity (Wildman–Crippen MR) is 77.1 cm³/mol. The zero-order chi connectivity index (χ0) is 15.4. The number of nitrogens with one attached hydrogen (secondary N) is 2. The van der Waals surface area contributed by atoms with E-state index in [1.807, 2.05) is 0 Å². The summed E-state index contributed by atoms with van der Waals surface area (Å²) in [5.41, 5.74) is 0.130. The topological polar surface area (TPSA) is 141 Å². The van der Waals surface area contributed by atoms with Crippen LogP contribution in [0.1, 0.15) is 20.7 Å². The van der Waals surface area contributed by atoms with Crippen molar-refractivity contribution in [3.8, 4) is 12.0 Å². The van der Waals surface area contributed by atoms with E-state index in [9.17, 15) is 9.59 Å². The second-order valence-corrected chi connectivity index (χ2v) is 4.11. The first kappa shape index (κ1) is 15.9. The number of hydrogen-bond donors (Lipinski definition) is 2. The van der Waals surface area contributed by atoms with Crippen LogP contribution in [0.4, 0.5) is 0 Å². The van der Waals surface area contributed by atoms with Crippen LogP contribution in [0, 0.1) is 0 Å². The summed E-state index contributed by atoms with van der Waals surface area (Å²) in [6, 6.07) is 6.23. The first-order valence-electron chi connectivity index (χ1n) is 6.26. The molecule has 0 aliphatic heterocycles. The molecule has 0 spiro atoms. The molecule has 0 saturated heterocycles. The van der Waals surface area contributed by atoms with Crippen molar-refractivity contribution in [2.45, 2.75) is 0 Å². The molecule has 2 aromatic heterocycles. The van der Waals surface area contributed by atoms with Crippen molar-refractivity contribution in [2.75, 3.05) is 0 Å². The molecule has 9 nitrogen and oxygen atoms in total. The number of H-pyrrole nitrogens is 2. The first-order chi connectivity index (χ1) is 10.7. The van der Waals surface area contributed by atoms with E-state index < -0.39 is 11.9 Å². The molecule has 0 fully saturated rings. The molecular weight excluding hydrogens is 304 g/mol. The number of carbonyl (C=O) groups is 2. The number of imidazole rings is 2. The van der Waals surface area contributed by atoms with E-state index in [0.717, 1.165) is 0 Å². The van der Waals surface area contributed by atoms with Gasteiger partial charge in [-0.3, -0.25) is 0 Å². The number of benzene rings is 1. The number of ether oxygens (including phenoxy) is 2. The fourth-order valence-corrected chi connectivity index (χ4v) is 1.74. The van der Waals surface area contributed by atoms with Crippen LogP contribution >= 0.6 is 0 Å². The van der Waals surface area contributed by atoms with Crippen LogP contribution in [0.3, 0.4) is 0 Å². The standard InChI is InChI=1S/C14H10N4O4.H2O/c19-11(21-13-15-5-6-16-13)9-3-1-2-4-10(9)12(20)22-14-17-7-8-18-14;/h1-8H,(H,15,16)(H,17,18);1H2. The molecule has 0 aliphatic carbocycles. The molecule has 0 saturated carbocycles. The molecule has 118 valence electrons. The molecule has 0 amide bonds. The van der Waals surface area contributed by atoms with E-state index in [-0.39, 0.29) is 28.6 Å². The summed E-state index contributed by atoms with van der Waals surface area (Å²) in [5, 5.41) is 0. The van der Waals surface area contributed by atoms with E-state index in [1.54, 1.807) is 12.1 Å². The van der Waals surface area contributed by atoms with E-state index in [2.05, 4.69) is 19.9 Å². The lowest BCUT2D eigenvalue weighted by Gasteiger charge is -2.06. The monoisotopic (exact) mass is 316 g/mol. The Morgan fingerprint density at radius 3 is 1.61 bits per heavy atom. The van der Waals surface area contributed by atoms with Gasteiger partial charge in [-0.05, 0) is 12.1 Å². The van der Waals surface area contributed by atoms with Gasteiger partial charge in [0, 0.05) is 24.8 Å². The number of rotatable bonds is 4. The van der Waals surface area contributed by atoms with E-state index in [1.165, 1.54) is 36.9 Å². The minimum atomic E-state index is -0.720. The maximum absolute atomic E-state index is 12.1. The van der Waals surface area contributed by atoms with Gasteiger partial charge >= 0.3 is 24.0 Å². The summed E-state index contributed by atoms with van der Waals surface area (Å²) in [5.74, 6) is -1.44. The molecule has 3 aromatic rings. The summed E-state index contributed by atoms with van der Waals surface area (Å²) in [6.07, 6.45) is 5.92. The van der Waals surface area contributed by atoms with E-state index >= 15 is 0 Å². The molecule has 2 heterocycles. The van der Waals surface area contributed by atoms with Crippen molar-refractivity contribution in [1.29, 1.82) is 0 Å². The van der Waals surface area contributed by atoms with Crippen LogP contribution in [0.2, 0.25) is 0 Å². The molecule has 9 heteroatoms. The number of esters is 2. The molecule has 23 heavy (non-hydrogen) atoms. The highest BCUT2D eigenvalue weighted by Gasteiger charge is 2.21. The molecule has 0 atom stereocenters. The molecule has 0 unspecified atom stereocenters. The predicted octanol–water partition coefficient (Wildman–Crippen LogP) is 0.746. The Morgan fingerprint density at radius 2 is 1.26 bits per heavy atom. The number of aromatic nitrogens is 4. The fourth-order valence-electron chi connectivity index (χ4n) is 1.74. The molecule has 1 aromatic carbocycles. The van der Waals surface area contributed by atoms with Crippen molar-refractivity contribution in [3.63, 3.8) is 0 Å². The van der Waals surface area contributed by atoms with E-state index in [4.69, 9.17) is 9.47 Å². The highest BCUT2D eigenvalue weighted by Crippen LogP contribution is 2.14. The molecular formula is C14H12N4O5. The molecule has 0 aliphatic rings. The summed E-state index contributed by atoms with van der Waals surface area (Å²) in [6.45, 7) is 0. The number of carbonyl (C=O) groups excluding carboxylic acids is 2. The van der Waals surface area contributed by atoms with Gasteiger partial charge < -0.3 is 24.9 Å². The van der Waals surface area contributed by atoms with Crippen LogP contribution in [0.5, 0.6) is 12.0 Å². The molecule has 3 rings (SSSR count). The van der Waals surface area contributed by atoms with Gasteiger partial charge in [0.1, 0.15) is 0 Å². The lowest BCUT2D eigenvalue weighted by molar-refractivity contribution is 0.0677. The van der Waals surface area contributed by atoms with Crippen molar-refractivity contribution in [3.05, 3.63) is 60.2 Å². The molecule has 0 bridgehead atoms. The van der Waals surface area contributed by atoms with Gasteiger partial charge in [0.25, 0.3) is 0 Å². The van der Waals surface area contributed by atoms with Crippen molar-refractivity contribution in [2.24, 2.45) is 0 Å². The van der Waals surface area contributed by atoms with Gasteiger partial charge in [-0.2, -0.15) is 0 Å². The quantitative estimate of drug-likeness (QED) is 0.680. The normalized spacial score (nSPS) is 9.74. The SMILES string of the molecule is O.O=C(Oc1ncc[nH]1)c1ccccc1C(=O)Oc1ncc[nH]1. The van der Waals surface area contributed by atoms with Crippen LogP contribution in [-0.2, 0) is 0 Å². The van der Waals surface area contributed by atoms with E-state index in [0.29, 0.717) is 0 Å². The highest BCUT2D eigenvalue weighted by atomic mass is 16.6. The smallest absolute Gasteiger partial charge is 0.346 e. The minimum absolute atomic E-state index is 0. The molecule has 0 radical (unpaired) electrons. The minimum Gasteiger partial charge on any atom is -0.412 e. The highest BCUT2D eigenvalue weighted by molar-refractivity contribution is 6.04. The Hall–Kier alpha value is -3.46. The van der Waals surface area contributed by atoms with Gasteiger partial charge in [0.15, 0.2) is 0 Å². The zero-order valence-corrected chi connectivity index (χ0v) is 11.6. The van der Waals surface area contributed by atoms with Crippen LogP contribution in [0.15, 0.2) is 49.1 Å². The van der Waals surface area contributed by atoms with Gasteiger partial charge in [0.2, 0.25) is 0 Å². The maximum atomic E-state index is 12.1. The maximum Gasteiger partial charge on any atom is 0.346 e. The van der Waals surface area contributed by atoms with Crippen molar-refractivity contribution < 1.29 is 24.5 Å². The van der Waals surface area contributed by atoms with Crippen molar-refractivity contribution in [1.82, 2.24) is 19.9 Å². The average Bonchev–Trinajstić information content (AvgIpc) is 3.21. The van der Waals surface area contributed by atoms with Gasteiger partial charge in [-0.15, -0.1) is 0 Å². The third kappa shape index (κ3) is 3.60. The Balaban J connectivity index is 0.00000192. The van der Waals surface area contributed by atoms with Crippen molar-refractivity contribution >= 4 is 11.9 Å². The number of hydrogen-bond acceptors (Lipinski definition) is 6. The first-order valence-corrected chi connectivity index (χ1v) is 6.26. The Bertz CT molecular complexity index is 716. The van der Waals surface area contributed by atoms with Crippen LogP contribution < -0.4 is 9.47 Å². The summed E-state index contributed by atoms with van der Waals surface area (Å²) in [4.78, 5) is 37.1. The van der Waals surface area contributed by atoms with Gasteiger partial charge in [-0.25, -0.2) is 19.6 Å². The summed E-state index contributed by atoms with van der Waals surface area (Å²) < 4.78 is 10.1. The Labute approximate surface area is 129 Å². The summed E-state index contributed by atoms with van der Waals surface area (Å²) >= 11 is 0. The third-order valence-electron chi connectivity index (χ3n) is 2.69. The van der Waals surface area contributed by atoms with Gasteiger partial charge in [0.05, 0.1) is 11.1 Å². The Kier molecular flexibility index (Phi) is 4.85. The third-order valence-corrected chi connectivity index (χ3v) is 2.69. The van der Waals surface area contributed by atoms with Crippen LogP contribution in [-0.4, -0.2) is 37.4 Å². The largest absolute Gasteiger partial charge is 0.412 e. The fraction of sp³-hybridized carbons (Fsp3) is 0. The number of nitrogens with zero attached hydrogens (tertiary/aromatic N) is 2. The van der Waals surface area contributed by atoms with Gasteiger partial charge in [-0.1, -0.05) is 12.1 Å². The lowest BCUT2D eigenvalue weighted by atomic mass is 10.1.